The number of pyridine rings is 1. The molecule has 0 spiro atoms. The second-order valence-corrected chi connectivity index (χ2v) is 6.97. The van der Waals surface area contributed by atoms with Gasteiger partial charge < -0.3 is 4.74 Å². The molecule has 0 fully saturated rings. The summed E-state index contributed by atoms with van der Waals surface area (Å²) >= 11 is 2.79. The zero-order valence-electron chi connectivity index (χ0n) is 13.4. The van der Waals surface area contributed by atoms with E-state index in [4.69, 9.17) is 4.74 Å². The third kappa shape index (κ3) is 3.90. The van der Waals surface area contributed by atoms with Crippen LogP contribution in [0.25, 0.3) is 21.7 Å². The Morgan fingerprint density at radius 3 is 2.72 bits per heavy atom. The highest BCUT2D eigenvalue weighted by Gasteiger charge is 2.17. The molecule has 0 atom stereocenters. The van der Waals surface area contributed by atoms with E-state index < -0.39 is 0 Å². The van der Waals surface area contributed by atoms with Gasteiger partial charge in [-0.15, -0.1) is 11.3 Å². The molecule has 0 N–H and O–H groups in total. The van der Waals surface area contributed by atoms with Crippen LogP contribution in [0.5, 0.6) is 0 Å². The number of carbonyl (C=O) groups excluding carboxylic acids is 1. The maximum Gasteiger partial charge on any atom is 0.316 e. The molecule has 0 aliphatic carbocycles. The van der Waals surface area contributed by atoms with E-state index in [-0.39, 0.29) is 11.7 Å². The fraction of sp³-hybridized carbons (Fsp3) is 0.105. The fourth-order valence-corrected chi connectivity index (χ4v) is 3.89. The number of esters is 1. The molecule has 0 radical (unpaired) electrons. The molecule has 3 aromatic rings. The lowest BCUT2D eigenvalue weighted by molar-refractivity contribution is -0.137. The minimum atomic E-state index is -0.349. The first kappa shape index (κ1) is 17.2. The van der Waals surface area contributed by atoms with Crippen LogP contribution >= 0.6 is 23.1 Å². The predicted octanol–water partition coefficient (Wildman–Crippen LogP) is 4.61. The maximum atomic E-state index is 11.5. The predicted molar refractivity (Wildman–Crippen MR) is 100 cm³/mol. The summed E-state index contributed by atoms with van der Waals surface area (Å²) in [7, 11) is 1.35. The standard InChI is InChI=1S/C19H14N2O2S2/c1-23-18(22)12-25-19-15(11-20)14(17-8-5-9-24-17)10-16(21-19)13-6-3-2-4-7-13/h2-10H,12H2,1H3. The van der Waals surface area contributed by atoms with E-state index in [1.165, 1.54) is 18.9 Å². The van der Waals surface area contributed by atoms with E-state index in [0.717, 1.165) is 21.7 Å². The van der Waals surface area contributed by atoms with E-state index in [0.29, 0.717) is 10.6 Å². The first-order valence-electron chi connectivity index (χ1n) is 7.47. The van der Waals surface area contributed by atoms with E-state index in [2.05, 4.69) is 11.1 Å². The Morgan fingerprint density at radius 2 is 2.08 bits per heavy atom. The number of aromatic nitrogens is 1. The van der Waals surface area contributed by atoms with Gasteiger partial charge in [-0.2, -0.15) is 5.26 Å². The van der Waals surface area contributed by atoms with Crippen molar-refractivity contribution in [3.63, 3.8) is 0 Å². The summed E-state index contributed by atoms with van der Waals surface area (Å²) in [5.41, 5.74) is 3.05. The lowest BCUT2D eigenvalue weighted by atomic mass is 10.0. The zero-order valence-corrected chi connectivity index (χ0v) is 15.1. The van der Waals surface area contributed by atoms with Crippen LogP contribution in [0, 0.1) is 11.3 Å². The van der Waals surface area contributed by atoms with Crippen molar-refractivity contribution in [3.05, 3.63) is 59.5 Å². The second-order valence-electron chi connectivity index (χ2n) is 5.06. The average Bonchev–Trinajstić information content (AvgIpc) is 3.20. The monoisotopic (exact) mass is 366 g/mol. The number of thiophene rings is 1. The first-order chi connectivity index (χ1) is 12.2. The lowest BCUT2D eigenvalue weighted by Crippen LogP contribution is -2.04. The molecule has 0 aliphatic heterocycles. The van der Waals surface area contributed by atoms with Gasteiger partial charge in [0.25, 0.3) is 0 Å². The van der Waals surface area contributed by atoms with Crippen molar-refractivity contribution >= 4 is 29.1 Å². The average molecular weight is 366 g/mol. The highest BCUT2D eigenvalue weighted by Crippen LogP contribution is 2.36. The number of nitriles is 1. The van der Waals surface area contributed by atoms with Crippen molar-refractivity contribution in [2.24, 2.45) is 0 Å². The van der Waals surface area contributed by atoms with E-state index in [9.17, 15) is 10.1 Å². The number of hydrogen-bond donors (Lipinski definition) is 0. The number of benzene rings is 1. The molecule has 2 aromatic heterocycles. The molecule has 3 rings (SSSR count). The van der Waals surface area contributed by atoms with Crippen molar-refractivity contribution in [1.29, 1.82) is 5.26 Å². The van der Waals surface area contributed by atoms with Gasteiger partial charge in [-0.25, -0.2) is 4.98 Å². The van der Waals surface area contributed by atoms with Gasteiger partial charge in [-0.05, 0) is 17.5 Å². The van der Waals surface area contributed by atoms with Gasteiger partial charge in [0.05, 0.1) is 24.1 Å². The number of rotatable bonds is 5. The third-order valence-corrected chi connectivity index (χ3v) is 5.36. The Labute approximate surface area is 154 Å². The Bertz CT molecular complexity index is 917. The number of ether oxygens (including phenoxy) is 1. The van der Waals surface area contributed by atoms with Crippen molar-refractivity contribution in [1.82, 2.24) is 4.98 Å². The van der Waals surface area contributed by atoms with Gasteiger partial charge in [0.2, 0.25) is 0 Å². The largest absolute Gasteiger partial charge is 0.468 e. The maximum absolute atomic E-state index is 11.5. The number of thioether (sulfide) groups is 1. The van der Waals surface area contributed by atoms with Crippen LogP contribution < -0.4 is 0 Å². The Balaban J connectivity index is 2.13. The van der Waals surface area contributed by atoms with Crippen LogP contribution in [0.3, 0.4) is 0 Å². The highest BCUT2D eigenvalue weighted by molar-refractivity contribution is 7.99. The molecule has 0 saturated heterocycles. The summed E-state index contributed by atoms with van der Waals surface area (Å²) in [6.45, 7) is 0. The molecule has 124 valence electrons. The van der Waals surface area contributed by atoms with Gasteiger partial charge in [0.15, 0.2) is 0 Å². The van der Waals surface area contributed by atoms with Gasteiger partial charge in [0.1, 0.15) is 11.1 Å². The number of methoxy groups -OCH3 is 1. The molecule has 25 heavy (non-hydrogen) atoms. The lowest BCUT2D eigenvalue weighted by Gasteiger charge is -2.11. The Morgan fingerprint density at radius 1 is 1.28 bits per heavy atom. The molecule has 0 amide bonds. The number of hydrogen-bond acceptors (Lipinski definition) is 6. The normalized spacial score (nSPS) is 10.2. The summed E-state index contributed by atoms with van der Waals surface area (Å²) in [6, 6.07) is 17.9. The van der Waals surface area contributed by atoms with Crippen LogP contribution in [-0.2, 0) is 9.53 Å². The van der Waals surface area contributed by atoms with Crippen molar-refractivity contribution in [2.45, 2.75) is 5.03 Å². The van der Waals surface area contributed by atoms with Crippen molar-refractivity contribution in [3.8, 4) is 27.8 Å². The van der Waals surface area contributed by atoms with Gasteiger partial charge >= 0.3 is 5.97 Å². The van der Waals surface area contributed by atoms with E-state index >= 15 is 0 Å². The van der Waals surface area contributed by atoms with Gasteiger partial charge in [-0.1, -0.05) is 48.2 Å². The number of nitrogens with zero attached hydrogens (tertiary/aromatic N) is 2. The molecule has 2 heterocycles. The molecule has 0 saturated carbocycles. The van der Waals surface area contributed by atoms with Crippen molar-refractivity contribution in [2.75, 3.05) is 12.9 Å². The summed E-state index contributed by atoms with van der Waals surface area (Å²) in [5.74, 6) is -0.237. The van der Waals surface area contributed by atoms with E-state index in [1.54, 1.807) is 11.3 Å². The third-order valence-electron chi connectivity index (χ3n) is 3.51. The number of carbonyl (C=O) groups is 1. The quantitative estimate of drug-likeness (QED) is 0.487. The molecule has 0 bridgehead atoms. The minimum absolute atomic E-state index is 0.111. The Hall–Kier alpha value is -2.62. The van der Waals surface area contributed by atoms with E-state index in [1.807, 2.05) is 53.9 Å². The highest BCUT2D eigenvalue weighted by atomic mass is 32.2. The summed E-state index contributed by atoms with van der Waals surface area (Å²) < 4.78 is 4.69. The molecule has 1 aromatic carbocycles. The zero-order chi connectivity index (χ0) is 17.6. The van der Waals surface area contributed by atoms with Crippen LogP contribution in [0.1, 0.15) is 5.56 Å². The molecule has 6 heteroatoms. The van der Waals surface area contributed by atoms with Crippen molar-refractivity contribution < 1.29 is 9.53 Å². The summed E-state index contributed by atoms with van der Waals surface area (Å²) in [5, 5.41) is 12.2. The summed E-state index contributed by atoms with van der Waals surface area (Å²) in [6.07, 6.45) is 0. The summed E-state index contributed by atoms with van der Waals surface area (Å²) in [4.78, 5) is 17.1. The molecular weight excluding hydrogens is 352 g/mol. The van der Waals surface area contributed by atoms with Crippen LogP contribution in [0.4, 0.5) is 0 Å². The van der Waals surface area contributed by atoms with Gasteiger partial charge in [0, 0.05) is 16.0 Å². The Kier molecular flexibility index (Phi) is 5.49. The molecular formula is C19H14N2O2S2. The molecule has 0 unspecified atom stereocenters. The van der Waals surface area contributed by atoms with Crippen LogP contribution in [0.15, 0.2) is 58.9 Å². The fourth-order valence-electron chi connectivity index (χ4n) is 2.30. The molecule has 4 nitrogen and oxygen atoms in total. The van der Waals surface area contributed by atoms with Gasteiger partial charge in [-0.3, -0.25) is 4.79 Å². The topological polar surface area (TPSA) is 63.0 Å². The first-order valence-corrected chi connectivity index (χ1v) is 9.33. The van der Waals surface area contributed by atoms with Crippen LogP contribution in [-0.4, -0.2) is 23.8 Å². The second kappa shape index (κ2) is 7.97. The smallest absolute Gasteiger partial charge is 0.316 e. The minimum Gasteiger partial charge on any atom is -0.468 e. The van der Waals surface area contributed by atoms with Crippen LogP contribution in [0.2, 0.25) is 0 Å². The SMILES string of the molecule is COC(=O)CSc1nc(-c2ccccc2)cc(-c2cccs2)c1C#N. The molecule has 0 aliphatic rings.